The minimum Gasteiger partial charge on any atom is -2.00 e. The molecule has 0 saturated heterocycles. The first-order chi connectivity index (χ1) is 36.6. The fourth-order valence-electron chi connectivity index (χ4n) is 10.0. The van der Waals surface area contributed by atoms with Crippen molar-refractivity contribution in [2.75, 3.05) is 108 Å². The summed E-state index contributed by atoms with van der Waals surface area (Å²) in [5.41, 5.74) is 13.4. The molecule has 1 aliphatic heterocycles. The van der Waals surface area contributed by atoms with Gasteiger partial charge in [-0.1, -0.05) is 223 Å². The summed E-state index contributed by atoms with van der Waals surface area (Å²) in [7, 11) is 13.4. The molecule has 0 atom stereocenters. The maximum absolute atomic E-state index is 8.93. The smallest absolute Gasteiger partial charge is 2.00 e. The van der Waals surface area contributed by atoms with Crippen LogP contribution in [0.1, 0.15) is 88.8 Å². The first-order valence-electron chi connectivity index (χ1n) is 27.9. The van der Waals surface area contributed by atoms with Gasteiger partial charge in [0.25, 0.3) is 0 Å². The van der Waals surface area contributed by atoms with E-state index >= 15 is 0 Å². The molecule has 10 nitrogen and oxygen atoms in total. The van der Waals surface area contributed by atoms with Crippen LogP contribution in [0.3, 0.4) is 0 Å². The molecule has 6 aromatic rings. The zero-order valence-electron chi connectivity index (χ0n) is 51.5. The van der Waals surface area contributed by atoms with E-state index < -0.39 is 6.15 Å². The normalized spacial score (nSPS) is 15.1. The Labute approximate surface area is 540 Å². The molecule has 6 aromatic carbocycles. The van der Waals surface area contributed by atoms with Gasteiger partial charge in [0.05, 0.1) is 0 Å². The Morgan fingerprint density at radius 1 is 0.378 bits per heavy atom. The Bertz CT molecular complexity index is 2290. The summed E-state index contributed by atoms with van der Waals surface area (Å²) in [5.74, 6) is 0. The molecule has 0 unspecified atom stereocenters. The fraction of sp³-hybridized carbons (Fsp3) is 0.455. The van der Waals surface area contributed by atoms with Gasteiger partial charge in [0.15, 0.2) is 0 Å². The van der Waals surface area contributed by atoms with Crippen LogP contribution >= 0.6 is 0 Å². The number of nitrogens with zero attached hydrogens (tertiary/aromatic N) is 6. The number of fused-ring (bicyclic) bond motifs is 4. The van der Waals surface area contributed by atoms with E-state index in [0.29, 0.717) is 0 Å². The summed E-state index contributed by atoms with van der Waals surface area (Å²) in [6.45, 7) is 28.5. The number of hydrogen-bond donors (Lipinski definition) is 0. The number of likely N-dealkylation sites (N-methyl/N-ethyl adjacent to an activating group) is 6. The SMILES string of the molecule is CC[O-].CC[O-].CN1CCN(C)Cc2cc(C(C)(C)C)cc(c2[S-])CN(C)CCN(C)CCN(C)Cc2cc(C(C)(C)C)cc(c2[S-])CN(C)CC1.[Ni+3].[Ni+3].[O-2].[O-2].[V].c1ccc([B-](c2ccccc2)(c2ccccc2)c2ccccc2)cc1. The third-order valence-corrected chi connectivity index (χ3v) is 15.7. The summed E-state index contributed by atoms with van der Waals surface area (Å²) in [4.78, 5) is 16.7. The van der Waals surface area contributed by atoms with Crippen molar-refractivity contribution in [3.05, 3.63) is 179 Å². The summed E-state index contributed by atoms with van der Waals surface area (Å²) in [6.07, 6.45) is -1.22. The van der Waals surface area contributed by atoms with Gasteiger partial charge < -0.3 is 75.8 Å². The maximum atomic E-state index is 8.93. The van der Waals surface area contributed by atoms with E-state index in [1.54, 1.807) is 13.8 Å². The van der Waals surface area contributed by atoms with Crippen molar-refractivity contribution in [3.63, 3.8) is 0 Å². The maximum Gasteiger partial charge on any atom is 3.00 e. The van der Waals surface area contributed by atoms with Crippen molar-refractivity contribution in [1.82, 2.24) is 29.4 Å². The fourth-order valence-corrected chi connectivity index (χ4v) is 10.5. The van der Waals surface area contributed by atoms with E-state index in [2.05, 4.69) is 259 Å². The predicted octanol–water partition coefficient (Wildman–Crippen LogP) is 6.95. The summed E-state index contributed by atoms with van der Waals surface area (Å²) < 4.78 is 0. The molecule has 4 bridgehead atoms. The van der Waals surface area contributed by atoms with Crippen LogP contribution in [0.4, 0.5) is 0 Å². The Morgan fingerprint density at radius 3 is 0.720 bits per heavy atom. The summed E-state index contributed by atoms with van der Waals surface area (Å²) in [6, 6.07) is 53.0. The number of rotatable bonds is 4. The van der Waals surface area contributed by atoms with E-state index in [-0.39, 0.29) is 86.5 Å². The first kappa shape index (κ1) is 81.1. The Morgan fingerprint density at radius 2 is 0.549 bits per heavy atom. The molecule has 455 valence electrons. The largest absolute Gasteiger partial charge is 3.00 e. The zero-order valence-corrected chi connectivity index (χ0v) is 56.6. The molecule has 16 heteroatoms. The predicted molar refractivity (Wildman–Crippen MR) is 334 cm³/mol. The van der Waals surface area contributed by atoms with Crippen molar-refractivity contribution in [1.29, 1.82) is 0 Å². The van der Waals surface area contributed by atoms with Crippen LogP contribution in [-0.2, 0) is 125 Å². The van der Waals surface area contributed by atoms with Gasteiger partial charge in [-0.3, -0.25) is 0 Å². The topological polar surface area (TPSA) is 123 Å². The zero-order chi connectivity index (χ0) is 56.8. The van der Waals surface area contributed by atoms with Gasteiger partial charge in [-0.2, -0.15) is 31.6 Å². The van der Waals surface area contributed by atoms with Gasteiger partial charge in [-0.25, -0.2) is 0 Å². The molecule has 0 spiro atoms. The second-order valence-electron chi connectivity index (χ2n) is 23.4. The van der Waals surface area contributed by atoms with Crippen LogP contribution < -0.4 is 32.1 Å². The third kappa shape index (κ3) is 25.1. The van der Waals surface area contributed by atoms with Gasteiger partial charge in [-0.15, -0.1) is 13.2 Å². The number of benzene rings is 6. The molecule has 0 aliphatic carbocycles. The van der Waals surface area contributed by atoms with E-state index in [1.165, 1.54) is 55.2 Å². The van der Waals surface area contributed by atoms with Crippen molar-refractivity contribution >= 4 is 53.3 Å². The van der Waals surface area contributed by atoms with Gasteiger partial charge in [0.1, 0.15) is 6.15 Å². The molecular formula is C66H94BN6Ni2O4S2V-3. The van der Waals surface area contributed by atoms with Crippen LogP contribution in [0.5, 0.6) is 0 Å². The standard InChI is InChI=1S/C38H66N6S2.C24H20B.2C2H5O.2Ni.2O.V/c1-37(2,3)33-21-29-25-41(9)17-13-39(7)15-19-43(11)27-31-23-34(38(4,5)6)24-32(36(31)46)28-44(12)20-16-40(8)14-18-42(10)26-30(22-33)35(29)45;1-5-13-21(14-6-1)25(22-15-7-2-8-16-22,23-17-9-3-10-18-23)24-19-11-4-12-20-24;2*1-2-3;;;;;/h21-24,45-46H,13-20,25-28H2,1-12H3;1-20H;2*2H2,1H3;;;;;/q;3*-1;2*+3;2*-2;/p-2. The first-order valence-corrected chi connectivity index (χ1v) is 28.7. The Kier molecular flexibility index (Phi) is 39.9. The van der Waals surface area contributed by atoms with Gasteiger partial charge >= 0.3 is 33.0 Å². The van der Waals surface area contributed by atoms with Gasteiger partial charge in [0.2, 0.25) is 0 Å². The van der Waals surface area contributed by atoms with E-state index in [0.717, 1.165) is 88.3 Å². The third-order valence-electron chi connectivity index (χ3n) is 14.6. The molecule has 0 aromatic heterocycles. The molecule has 1 aliphatic rings. The van der Waals surface area contributed by atoms with Crippen molar-refractivity contribution in [3.8, 4) is 0 Å². The average molecular weight is 1280 g/mol. The molecule has 82 heavy (non-hydrogen) atoms. The monoisotopic (exact) mass is 1280 g/mol. The van der Waals surface area contributed by atoms with Crippen molar-refractivity contribution in [2.45, 2.75) is 102 Å². The van der Waals surface area contributed by atoms with Gasteiger partial charge in [-0.05, 0) is 64.2 Å². The molecule has 7 rings (SSSR count). The average Bonchev–Trinajstić information content (AvgIpc) is 3.55. The molecule has 0 N–H and O–H groups in total. The molecule has 1 heterocycles. The number of hydrogen-bond acceptors (Lipinski definition) is 10. The summed E-state index contributed by atoms with van der Waals surface area (Å²) in [5, 5.41) is 17.9. The van der Waals surface area contributed by atoms with Crippen molar-refractivity contribution in [2.24, 2.45) is 0 Å². The molecular weight excluding hydrogens is 1180 g/mol. The van der Waals surface area contributed by atoms with Crippen LogP contribution in [-0.4, -0.2) is 143 Å². The second kappa shape index (κ2) is 40.4. The van der Waals surface area contributed by atoms with Crippen molar-refractivity contribution < 1.29 is 72.7 Å². The minimum absolute atomic E-state index is 0. The van der Waals surface area contributed by atoms with Crippen LogP contribution in [0.2, 0.25) is 0 Å². The van der Waals surface area contributed by atoms with E-state index in [9.17, 15) is 0 Å². The van der Waals surface area contributed by atoms with E-state index in [4.69, 9.17) is 35.5 Å². The molecule has 0 fully saturated rings. The quantitative estimate of drug-likeness (QED) is 0.136. The molecule has 0 amide bonds. The summed E-state index contributed by atoms with van der Waals surface area (Å²) >= 11 is 12.3. The van der Waals surface area contributed by atoms with E-state index in [1.807, 2.05) is 0 Å². The molecule has 3 radical (unpaired) electrons. The second-order valence-corrected chi connectivity index (χ2v) is 24.2. The van der Waals surface area contributed by atoms with Crippen LogP contribution in [0.25, 0.3) is 0 Å². The van der Waals surface area contributed by atoms with Crippen LogP contribution in [0.15, 0.2) is 155 Å². The minimum atomic E-state index is -1.22. The molecule has 0 saturated carbocycles. The Balaban J connectivity index is 0. The van der Waals surface area contributed by atoms with Crippen LogP contribution in [0, 0.1) is 0 Å². The Hall–Kier alpha value is -3.00. The van der Waals surface area contributed by atoms with Gasteiger partial charge in [0, 0.05) is 97.1 Å².